The molecule has 0 aromatic heterocycles. The average molecular weight is 323 g/mol. The maximum absolute atomic E-state index is 5.72. The van der Waals surface area contributed by atoms with E-state index in [2.05, 4.69) is 17.1 Å². The first kappa shape index (κ1) is 17.0. The van der Waals surface area contributed by atoms with Crippen LogP contribution in [0.3, 0.4) is 0 Å². The Bertz CT molecular complexity index is 390. The van der Waals surface area contributed by atoms with Crippen LogP contribution in [0.2, 0.25) is 0 Å². The zero-order chi connectivity index (χ0) is 16.0. The molecular weight excluding hydrogens is 290 g/mol. The van der Waals surface area contributed by atoms with Crippen molar-refractivity contribution in [3.63, 3.8) is 0 Å². The van der Waals surface area contributed by atoms with Crippen molar-refractivity contribution in [1.82, 2.24) is 10.2 Å². The molecule has 2 aliphatic heterocycles. The van der Waals surface area contributed by atoms with E-state index < -0.39 is 0 Å². The Morgan fingerprint density at radius 1 is 1.35 bits per heavy atom. The standard InChI is InChI=1S/C18H33N3O2/c1-2-19-17(21-11-9-18(15-21)7-4-8-18)20-10-5-12-22-14-16-6-3-13-23-16/h16H,2-15H2,1H3,(H,19,20). The number of hydrogen-bond acceptors (Lipinski definition) is 3. The highest BCUT2D eigenvalue weighted by molar-refractivity contribution is 5.80. The van der Waals surface area contributed by atoms with Crippen LogP contribution in [0.25, 0.3) is 0 Å². The van der Waals surface area contributed by atoms with E-state index in [1.807, 2.05) is 0 Å². The lowest BCUT2D eigenvalue weighted by Crippen LogP contribution is -2.42. The monoisotopic (exact) mass is 323 g/mol. The van der Waals surface area contributed by atoms with Crippen LogP contribution in [0.1, 0.15) is 51.9 Å². The average Bonchev–Trinajstić information content (AvgIpc) is 3.18. The normalized spacial score (nSPS) is 26.7. The summed E-state index contributed by atoms with van der Waals surface area (Å²) in [5.41, 5.74) is 0.626. The van der Waals surface area contributed by atoms with E-state index in [4.69, 9.17) is 14.5 Å². The second-order valence-electron chi connectivity index (χ2n) is 7.32. The first-order valence-corrected chi connectivity index (χ1v) is 9.54. The summed E-state index contributed by atoms with van der Waals surface area (Å²) >= 11 is 0. The highest BCUT2D eigenvalue weighted by Gasteiger charge is 2.43. The summed E-state index contributed by atoms with van der Waals surface area (Å²) in [5, 5.41) is 3.46. The topological polar surface area (TPSA) is 46.1 Å². The molecule has 1 N–H and O–H groups in total. The van der Waals surface area contributed by atoms with Gasteiger partial charge < -0.3 is 19.7 Å². The van der Waals surface area contributed by atoms with Crippen molar-refractivity contribution in [1.29, 1.82) is 0 Å². The van der Waals surface area contributed by atoms with Gasteiger partial charge in [0.2, 0.25) is 0 Å². The van der Waals surface area contributed by atoms with Gasteiger partial charge in [-0.3, -0.25) is 4.99 Å². The number of likely N-dealkylation sites (tertiary alicyclic amines) is 1. The van der Waals surface area contributed by atoms with Gasteiger partial charge in [0.25, 0.3) is 0 Å². The third-order valence-electron chi connectivity index (χ3n) is 5.52. The van der Waals surface area contributed by atoms with Gasteiger partial charge in [0.15, 0.2) is 5.96 Å². The van der Waals surface area contributed by atoms with E-state index in [9.17, 15) is 0 Å². The molecule has 2 saturated heterocycles. The largest absolute Gasteiger partial charge is 0.379 e. The molecule has 3 fully saturated rings. The van der Waals surface area contributed by atoms with Gasteiger partial charge in [0.1, 0.15) is 0 Å². The molecule has 1 saturated carbocycles. The summed E-state index contributed by atoms with van der Waals surface area (Å²) < 4.78 is 11.3. The van der Waals surface area contributed by atoms with Crippen LogP contribution in [-0.4, -0.2) is 63.0 Å². The van der Waals surface area contributed by atoms with Gasteiger partial charge in [-0.25, -0.2) is 0 Å². The molecule has 0 amide bonds. The van der Waals surface area contributed by atoms with Crippen molar-refractivity contribution in [2.75, 3.05) is 46.0 Å². The lowest BCUT2D eigenvalue weighted by molar-refractivity contribution is 0.0170. The van der Waals surface area contributed by atoms with E-state index in [1.165, 1.54) is 45.2 Å². The van der Waals surface area contributed by atoms with Crippen LogP contribution < -0.4 is 5.32 Å². The fraction of sp³-hybridized carbons (Fsp3) is 0.944. The van der Waals surface area contributed by atoms with Gasteiger partial charge in [0.05, 0.1) is 12.7 Å². The van der Waals surface area contributed by atoms with Crippen LogP contribution in [-0.2, 0) is 9.47 Å². The van der Waals surface area contributed by atoms with Crippen molar-refractivity contribution in [3.05, 3.63) is 0 Å². The Kier molecular flexibility index (Phi) is 6.17. The maximum atomic E-state index is 5.72. The fourth-order valence-corrected chi connectivity index (χ4v) is 3.97. The third-order valence-corrected chi connectivity index (χ3v) is 5.52. The van der Waals surface area contributed by atoms with Gasteiger partial charge in [-0.2, -0.15) is 0 Å². The molecule has 3 rings (SSSR count). The second-order valence-corrected chi connectivity index (χ2v) is 7.32. The fourth-order valence-electron chi connectivity index (χ4n) is 3.97. The van der Waals surface area contributed by atoms with E-state index in [0.29, 0.717) is 11.5 Å². The SMILES string of the molecule is CCNC(=NCCCOCC1CCCO1)N1CCC2(CCC2)C1. The van der Waals surface area contributed by atoms with Crippen LogP contribution in [0.5, 0.6) is 0 Å². The Morgan fingerprint density at radius 3 is 2.91 bits per heavy atom. The molecule has 0 aromatic carbocycles. The van der Waals surface area contributed by atoms with Gasteiger partial charge in [-0.1, -0.05) is 6.42 Å². The predicted octanol–water partition coefficient (Wildman–Crippen LogP) is 2.41. The van der Waals surface area contributed by atoms with Gasteiger partial charge in [-0.15, -0.1) is 0 Å². The number of nitrogens with one attached hydrogen (secondary N) is 1. The predicted molar refractivity (Wildman–Crippen MR) is 92.9 cm³/mol. The number of nitrogens with zero attached hydrogens (tertiary/aromatic N) is 2. The Labute approximate surface area is 140 Å². The number of aliphatic imine (C=N–C) groups is 1. The molecule has 0 aromatic rings. The Morgan fingerprint density at radius 2 is 2.26 bits per heavy atom. The highest BCUT2D eigenvalue weighted by Crippen LogP contribution is 2.47. The van der Waals surface area contributed by atoms with Gasteiger partial charge >= 0.3 is 0 Å². The summed E-state index contributed by atoms with van der Waals surface area (Å²) in [5.74, 6) is 1.11. The molecule has 1 spiro atoms. The first-order chi connectivity index (χ1) is 11.3. The zero-order valence-corrected chi connectivity index (χ0v) is 14.7. The van der Waals surface area contributed by atoms with E-state index in [0.717, 1.165) is 51.7 Å². The maximum Gasteiger partial charge on any atom is 0.193 e. The zero-order valence-electron chi connectivity index (χ0n) is 14.7. The van der Waals surface area contributed by atoms with Crippen LogP contribution in [0.4, 0.5) is 0 Å². The summed E-state index contributed by atoms with van der Waals surface area (Å²) in [6, 6.07) is 0. The minimum atomic E-state index is 0.332. The van der Waals surface area contributed by atoms with Crippen LogP contribution in [0.15, 0.2) is 4.99 Å². The summed E-state index contributed by atoms with van der Waals surface area (Å²) in [6.07, 6.45) is 9.26. The first-order valence-electron chi connectivity index (χ1n) is 9.54. The Hall–Kier alpha value is -0.810. The summed E-state index contributed by atoms with van der Waals surface area (Å²) in [7, 11) is 0. The van der Waals surface area contributed by atoms with Crippen molar-refractivity contribution in [2.24, 2.45) is 10.4 Å². The summed E-state index contributed by atoms with van der Waals surface area (Å²) in [4.78, 5) is 7.28. The molecular formula is C18H33N3O2. The van der Waals surface area contributed by atoms with Gasteiger partial charge in [0, 0.05) is 39.4 Å². The van der Waals surface area contributed by atoms with Crippen molar-refractivity contribution >= 4 is 5.96 Å². The number of guanidine groups is 1. The molecule has 0 radical (unpaired) electrons. The summed E-state index contributed by atoms with van der Waals surface area (Å²) in [6.45, 7) is 8.74. The third kappa shape index (κ3) is 4.60. The Balaban J connectivity index is 1.35. The molecule has 1 unspecified atom stereocenters. The molecule has 3 aliphatic rings. The van der Waals surface area contributed by atoms with Crippen molar-refractivity contribution < 1.29 is 9.47 Å². The van der Waals surface area contributed by atoms with Crippen molar-refractivity contribution in [2.45, 2.75) is 58.0 Å². The molecule has 5 nitrogen and oxygen atoms in total. The molecule has 2 heterocycles. The molecule has 1 aliphatic carbocycles. The number of hydrogen-bond donors (Lipinski definition) is 1. The molecule has 1 atom stereocenters. The van der Waals surface area contributed by atoms with Crippen LogP contribution >= 0.6 is 0 Å². The van der Waals surface area contributed by atoms with E-state index in [1.54, 1.807) is 0 Å². The quantitative estimate of drug-likeness (QED) is 0.444. The number of ether oxygens (including phenoxy) is 2. The lowest BCUT2D eigenvalue weighted by atomic mass is 9.68. The minimum absolute atomic E-state index is 0.332. The van der Waals surface area contributed by atoms with Crippen LogP contribution in [0, 0.1) is 5.41 Å². The molecule has 0 bridgehead atoms. The smallest absolute Gasteiger partial charge is 0.193 e. The number of rotatable bonds is 7. The van der Waals surface area contributed by atoms with E-state index >= 15 is 0 Å². The van der Waals surface area contributed by atoms with Crippen molar-refractivity contribution in [3.8, 4) is 0 Å². The van der Waals surface area contributed by atoms with Gasteiger partial charge in [-0.05, 0) is 50.9 Å². The molecule has 5 heteroatoms. The molecule has 23 heavy (non-hydrogen) atoms. The lowest BCUT2D eigenvalue weighted by Gasteiger charge is -2.38. The second kappa shape index (κ2) is 8.34. The minimum Gasteiger partial charge on any atom is -0.379 e. The highest BCUT2D eigenvalue weighted by atomic mass is 16.5. The molecule has 132 valence electrons. The van der Waals surface area contributed by atoms with E-state index in [-0.39, 0.29) is 0 Å².